The number of aromatic nitrogens is 1. The van der Waals surface area contributed by atoms with E-state index in [4.69, 9.17) is 4.74 Å². The van der Waals surface area contributed by atoms with Crippen molar-refractivity contribution in [3.63, 3.8) is 0 Å². The lowest BCUT2D eigenvalue weighted by Crippen LogP contribution is -2.28. The Labute approximate surface area is 167 Å². The Morgan fingerprint density at radius 2 is 1.82 bits per heavy atom. The highest BCUT2D eigenvalue weighted by Crippen LogP contribution is 2.34. The molecule has 3 rings (SSSR count). The van der Waals surface area contributed by atoms with Crippen molar-refractivity contribution >= 4 is 16.8 Å². The number of ether oxygens (including phenoxy) is 1. The molecule has 1 amide bonds. The minimum Gasteiger partial charge on any atom is -0.383 e. The second kappa shape index (κ2) is 8.61. The van der Waals surface area contributed by atoms with Gasteiger partial charge in [0.15, 0.2) is 0 Å². The summed E-state index contributed by atoms with van der Waals surface area (Å²) in [5, 5.41) is 4.12. The van der Waals surface area contributed by atoms with Crippen LogP contribution in [0.1, 0.15) is 49.8 Å². The number of benzene rings is 2. The van der Waals surface area contributed by atoms with Crippen LogP contribution < -0.4 is 5.32 Å². The van der Waals surface area contributed by atoms with Crippen molar-refractivity contribution in [2.24, 2.45) is 0 Å². The zero-order chi connectivity index (χ0) is 20.1. The smallest absolute Gasteiger partial charge is 0.221 e. The number of carbonyl (C=O) groups is 1. The maximum atomic E-state index is 12.6. The molecule has 4 heteroatoms. The van der Waals surface area contributed by atoms with E-state index in [-0.39, 0.29) is 17.2 Å². The number of fused-ring (bicyclic) bond motifs is 1. The molecule has 0 radical (unpaired) electrons. The van der Waals surface area contributed by atoms with E-state index in [1.807, 2.05) is 18.3 Å². The average Bonchev–Trinajstić information content (AvgIpc) is 3.10. The highest BCUT2D eigenvalue weighted by Gasteiger charge is 2.22. The third-order valence-electron chi connectivity index (χ3n) is 5.19. The van der Waals surface area contributed by atoms with Gasteiger partial charge in [0.05, 0.1) is 6.61 Å². The number of hydrogen-bond donors (Lipinski definition) is 2. The summed E-state index contributed by atoms with van der Waals surface area (Å²) in [5.41, 5.74) is 4.79. The van der Waals surface area contributed by atoms with E-state index in [9.17, 15) is 4.79 Å². The predicted molar refractivity (Wildman–Crippen MR) is 115 cm³/mol. The van der Waals surface area contributed by atoms with Crippen LogP contribution in [0.3, 0.4) is 0 Å². The second-order valence-corrected chi connectivity index (χ2v) is 8.26. The number of carbonyl (C=O) groups excluding carboxylic acids is 1. The first-order chi connectivity index (χ1) is 13.4. The quantitative estimate of drug-likeness (QED) is 0.583. The maximum absolute atomic E-state index is 12.6. The summed E-state index contributed by atoms with van der Waals surface area (Å²) in [5.74, 6) is 0.0277. The van der Waals surface area contributed by atoms with Crippen molar-refractivity contribution in [2.45, 2.75) is 38.5 Å². The summed E-state index contributed by atoms with van der Waals surface area (Å²) in [6.07, 6.45) is 2.44. The van der Waals surface area contributed by atoms with Crippen molar-refractivity contribution in [3.8, 4) is 0 Å². The third-order valence-corrected chi connectivity index (χ3v) is 5.19. The zero-order valence-corrected chi connectivity index (χ0v) is 17.2. The van der Waals surface area contributed by atoms with E-state index in [2.05, 4.69) is 67.5 Å². The minimum atomic E-state index is -0.00675. The summed E-state index contributed by atoms with van der Waals surface area (Å²) in [7, 11) is 1.64. The van der Waals surface area contributed by atoms with Crippen molar-refractivity contribution in [3.05, 3.63) is 71.4 Å². The van der Waals surface area contributed by atoms with Gasteiger partial charge in [-0.15, -0.1) is 0 Å². The maximum Gasteiger partial charge on any atom is 0.221 e. The molecule has 0 saturated carbocycles. The molecular formula is C24H30N2O2. The van der Waals surface area contributed by atoms with E-state index in [1.165, 1.54) is 5.56 Å². The van der Waals surface area contributed by atoms with Gasteiger partial charge in [-0.1, -0.05) is 63.2 Å². The van der Waals surface area contributed by atoms with Crippen LogP contribution in [0.25, 0.3) is 10.9 Å². The molecular weight excluding hydrogens is 348 g/mol. The zero-order valence-electron chi connectivity index (χ0n) is 17.2. The topological polar surface area (TPSA) is 54.1 Å². The van der Waals surface area contributed by atoms with Gasteiger partial charge in [-0.05, 0) is 28.2 Å². The minimum absolute atomic E-state index is 0.00675. The van der Waals surface area contributed by atoms with Crippen LogP contribution in [-0.2, 0) is 14.9 Å². The highest BCUT2D eigenvalue weighted by molar-refractivity contribution is 5.86. The molecule has 4 nitrogen and oxygen atoms in total. The molecule has 0 aliphatic rings. The van der Waals surface area contributed by atoms with E-state index in [0.29, 0.717) is 19.6 Å². The van der Waals surface area contributed by atoms with Gasteiger partial charge in [0.1, 0.15) is 0 Å². The van der Waals surface area contributed by atoms with Crippen LogP contribution in [-0.4, -0.2) is 31.2 Å². The number of rotatable bonds is 7. The Balaban J connectivity index is 1.94. The number of aromatic amines is 1. The summed E-state index contributed by atoms with van der Waals surface area (Å²) in [6.45, 7) is 7.68. The van der Waals surface area contributed by atoms with Crippen LogP contribution in [0.15, 0.2) is 54.7 Å². The molecule has 0 saturated heterocycles. The number of hydrogen-bond acceptors (Lipinski definition) is 2. The highest BCUT2D eigenvalue weighted by atomic mass is 16.5. The van der Waals surface area contributed by atoms with Gasteiger partial charge in [0.25, 0.3) is 0 Å². The first kappa shape index (κ1) is 20.2. The molecule has 0 unspecified atom stereocenters. The largest absolute Gasteiger partial charge is 0.383 e. The van der Waals surface area contributed by atoms with E-state index < -0.39 is 0 Å². The average molecular weight is 379 g/mol. The molecule has 0 aliphatic heterocycles. The lowest BCUT2D eigenvalue weighted by atomic mass is 9.83. The molecule has 1 heterocycles. The van der Waals surface area contributed by atoms with E-state index in [0.717, 1.165) is 22.0 Å². The van der Waals surface area contributed by atoms with Gasteiger partial charge in [0.2, 0.25) is 5.91 Å². The van der Waals surface area contributed by atoms with Gasteiger partial charge in [-0.3, -0.25) is 4.79 Å². The molecule has 2 aromatic carbocycles. The SMILES string of the molecule is COCCNC(=O)C[C@H](c1ccc(C(C)(C)C)cc1)c1c[nH]c2ccccc12. The van der Waals surface area contributed by atoms with Crippen LogP contribution >= 0.6 is 0 Å². The summed E-state index contributed by atoms with van der Waals surface area (Å²) in [4.78, 5) is 15.9. The van der Waals surface area contributed by atoms with Gasteiger partial charge in [-0.2, -0.15) is 0 Å². The van der Waals surface area contributed by atoms with Crippen molar-refractivity contribution in [1.29, 1.82) is 0 Å². The fraction of sp³-hybridized carbons (Fsp3) is 0.375. The number of methoxy groups -OCH3 is 1. The number of H-pyrrole nitrogens is 1. The molecule has 148 valence electrons. The molecule has 0 fully saturated rings. The van der Waals surface area contributed by atoms with Crippen molar-refractivity contribution in [2.75, 3.05) is 20.3 Å². The number of amides is 1. The monoisotopic (exact) mass is 378 g/mol. The Kier molecular flexibility index (Phi) is 6.20. The Morgan fingerprint density at radius 1 is 1.11 bits per heavy atom. The van der Waals surface area contributed by atoms with Crippen LogP contribution in [0.5, 0.6) is 0 Å². The van der Waals surface area contributed by atoms with Crippen LogP contribution in [0.4, 0.5) is 0 Å². The fourth-order valence-electron chi connectivity index (χ4n) is 3.56. The van der Waals surface area contributed by atoms with Gasteiger partial charge >= 0.3 is 0 Å². The Bertz CT molecular complexity index is 920. The number of nitrogens with one attached hydrogen (secondary N) is 2. The number of para-hydroxylation sites is 1. The van der Waals surface area contributed by atoms with Crippen LogP contribution in [0, 0.1) is 0 Å². The lowest BCUT2D eigenvalue weighted by Gasteiger charge is -2.22. The summed E-state index contributed by atoms with van der Waals surface area (Å²) in [6, 6.07) is 16.9. The summed E-state index contributed by atoms with van der Waals surface area (Å²) < 4.78 is 5.04. The molecule has 28 heavy (non-hydrogen) atoms. The Hall–Kier alpha value is -2.59. The van der Waals surface area contributed by atoms with E-state index in [1.54, 1.807) is 7.11 Å². The van der Waals surface area contributed by atoms with Crippen molar-refractivity contribution in [1.82, 2.24) is 10.3 Å². The fourth-order valence-corrected chi connectivity index (χ4v) is 3.56. The van der Waals surface area contributed by atoms with Gasteiger partial charge in [-0.25, -0.2) is 0 Å². The molecule has 2 N–H and O–H groups in total. The lowest BCUT2D eigenvalue weighted by molar-refractivity contribution is -0.121. The molecule has 1 aromatic heterocycles. The molecule has 0 spiro atoms. The summed E-state index contributed by atoms with van der Waals surface area (Å²) >= 11 is 0. The third kappa shape index (κ3) is 4.63. The standard InChI is InChI=1S/C24H30N2O2/c1-24(2,3)18-11-9-17(10-12-18)20(15-23(27)25-13-14-28-4)21-16-26-22-8-6-5-7-19(21)22/h5-12,16,20,26H,13-15H2,1-4H3,(H,25,27)/t20-/m1/s1. The first-order valence-corrected chi connectivity index (χ1v) is 9.82. The first-order valence-electron chi connectivity index (χ1n) is 9.82. The molecule has 3 aromatic rings. The second-order valence-electron chi connectivity index (χ2n) is 8.26. The molecule has 0 aliphatic carbocycles. The van der Waals surface area contributed by atoms with Crippen molar-refractivity contribution < 1.29 is 9.53 Å². The van der Waals surface area contributed by atoms with E-state index >= 15 is 0 Å². The molecule has 0 bridgehead atoms. The van der Waals surface area contributed by atoms with Gasteiger partial charge < -0.3 is 15.0 Å². The molecule has 1 atom stereocenters. The Morgan fingerprint density at radius 3 is 2.50 bits per heavy atom. The van der Waals surface area contributed by atoms with Crippen LogP contribution in [0.2, 0.25) is 0 Å². The van der Waals surface area contributed by atoms with Gasteiger partial charge in [0, 0.05) is 43.1 Å². The predicted octanol–water partition coefficient (Wildman–Crippen LogP) is 4.75. The normalized spacial score (nSPS) is 12.9.